The highest BCUT2D eigenvalue weighted by molar-refractivity contribution is 6.14. The molecule has 0 saturated heterocycles. The number of benzene rings is 10. The lowest BCUT2D eigenvalue weighted by Gasteiger charge is -2.12. The molecule has 1 aromatic heterocycles. The van der Waals surface area contributed by atoms with Gasteiger partial charge in [0, 0.05) is 10.8 Å². The first-order chi connectivity index (χ1) is 26.2. The Labute approximate surface area is 307 Å². The standard InChI is InChI=1S/C52H32O/c1-2-8-33(9-3-1)40-22-24-48-49-25-23-41(32-52(49)53-51(48)31-40)38-20-19-35-26-37(18-17-36(35)27-38)39-16-14-34-15-21-43(29-44(34)28-39)50-30-42-10-4-5-11-45(42)46-12-6-7-13-47(46)50/h1-32H. The molecule has 0 atom stereocenters. The van der Waals surface area contributed by atoms with E-state index in [4.69, 9.17) is 4.42 Å². The van der Waals surface area contributed by atoms with Crippen LogP contribution in [0.4, 0.5) is 0 Å². The summed E-state index contributed by atoms with van der Waals surface area (Å²) in [5, 5.41) is 12.3. The Kier molecular flexibility index (Phi) is 6.62. The summed E-state index contributed by atoms with van der Waals surface area (Å²) in [6.45, 7) is 0. The third-order valence-electron chi connectivity index (χ3n) is 11.0. The summed E-state index contributed by atoms with van der Waals surface area (Å²) in [5.41, 5.74) is 11.4. The minimum Gasteiger partial charge on any atom is -0.456 e. The molecule has 0 N–H and O–H groups in total. The maximum absolute atomic E-state index is 6.43. The van der Waals surface area contributed by atoms with Crippen LogP contribution in [0.5, 0.6) is 0 Å². The van der Waals surface area contributed by atoms with Gasteiger partial charge in [0.05, 0.1) is 0 Å². The third kappa shape index (κ3) is 5.01. The van der Waals surface area contributed by atoms with Crippen LogP contribution in [0.2, 0.25) is 0 Å². The van der Waals surface area contributed by atoms with Gasteiger partial charge in [-0.1, -0.05) is 140 Å². The fourth-order valence-electron chi connectivity index (χ4n) is 8.26. The first kappa shape index (κ1) is 29.7. The predicted octanol–water partition coefficient (Wildman–Crippen LogP) is 14.9. The zero-order chi connectivity index (χ0) is 34.9. The highest BCUT2D eigenvalue weighted by Gasteiger charge is 2.12. The zero-order valence-electron chi connectivity index (χ0n) is 28.9. The molecule has 0 amide bonds. The van der Waals surface area contributed by atoms with Crippen molar-refractivity contribution in [2.45, 2.75) is 0 Å². The van der Waals surface area contributed by atoms with E-state index in [1.807, 2.05) is 6.07 Å². The molecule has 0 aliphatic heterocycles. The summed E-state index contributed by atoms with van der Waals surface area (Å²) in [6, 6.07) is 70.6. The predicted molar refractivity (Wildman–Crippen MR) is 225 cm³/mol. The number of hydrogen-bond acceptors (Lipinski definition) is 1. The Bertz CT molecular complexity index is 3220. The van der Waals surface area contributed by atoms with Gasteiger partial charge < -0.3 is 4.42 Å². The topological polar surface area (TPSA) is 13.1 Å². The molecule has 1 heterocycles. The maximum Gasteiger partial charge on any atom is 0.136 e. The van der Waals surface area contributed by atoms with Crippen molar-refractivity contribution in [2.24, 2.45) is 0 Å². The van der Waals surface area contributed by atoms with Crippen molar-refractivity contribution in [1.29, 1.82) is 0 Å². The van der Waals surface area contributed by atoms with Crippen LogP contribution >= 0.6 is 0 Å². The number of hydrogen-bond donors (Lipinski definition) is 0. The highest BCUT2D eigenvalue weighted by atomic mass is 16.3. The fourth-order valence-corrected chi connectivity index (χ4v) is 8.26. The largest absolute Gasteiger partial charge is 0.456 e. The van der Waals surface area contributed by atoms with Gasteiger partial charge >= 0.3 is 0 Å². The summed E-state index contributed by atoms with van der Waals surface area (Å²) in [5.74, 6) is 0. The van der Waals surface area contributed by atoms with E-state index in [0.29, 0.717) is 0 Å². The van der Waals surface area contributed by atoms with Gasteiger partial charge in [0.25, 0.3) is 0 Å². The number of furan rings is 1. The van der Waals surface area contributed by atoms with E-state index in [0.717, 1.165) is 33.1 Å². The normalized spacial score (nSPS) is 11.8. The second kappa shape index (κ2) is 11.8. The first-order valence-electron chi connectivity index (χ1n) is 18.2. The van der Waals surface area contributed by atoms with E-state index >= 15 is 0 Å². The van der Waals surface area contributed by atoms with Crippen LogP contribution in [0.3, 0.4) is 0 Å². The summed E-state index contributed by atoms with van der Waals surface area (Å²) >= 11 is 0. The molecule has 10 aromatic carbocycles. The van der Waals surface area contributed by atoms with E-state index in [9.17, 15) is 0 Å². The Balaban J connectivity index is 0.929. The van der Waals surface area contributed by atoms with Crippen molar-refractivity contribution in [2.75, 3.05) is 0 Å². The fraction of sp³-hybridized carbons (Fsp3) is 0. The Morgan fingerprint density at radius 3 is 1.38 bits per heavy atom. The van der Waals surface area contributed by atoms with Gasteiger partial charge in [-0.3, -0.25) is 0 Å². The van der Waals surface area contributed by atoms with Crippen molar-refractivity contribution in [3.8, 4) is 44.5 Å². The lowest BCUT2D eigenvalue weighted by Crippen LogP contribution is -1.86. The SMILES string of the molecule is c1ccc(-c2ccc3c(c2)oc2cc(-c4ccc5cc(-c6ccc7ccc(-c8cc9ccccc9c9ccccc89)cc7c6)ccc5c4)ccc23)cc1. The molecular weight excluding hydrogens is 641 g/mol. The molecule has 0 bridgehead atoms. The smallest absolute Gasteiger partial charge is 0.136 e. The van der Waals surface area contributed by atoms with E-state index in [1.54, 1.807) is 0 Å². The van der Waals surface area contributed by atoms with E-state index in [1.165, 1.54) is 76.5 Å². The van der Waals surface area contributed by atoms with Gasteiger partial charge in [0.1, 0.15) is 11.2 Å². The van der Waals surface area contributed by atoms with Crippen LogP contribution in [0.25, 0.3) is 110 Å². The molecule has 0 radical (unpaired) electrons. The molecule has 246 valence electrons. The third-order valence-corrected chi connectivity index (χ3v) is 11.0. The summed E-state index contributed by atoms with van der Waals surface area (Å²) in [6.07, 6.45) is 0. The molecule has 0 unspecified atom stereocenters. The molecular formula is C52H32O. The monoisotopic (exact) mass is 672 g/mol. The van der Waals surface area contributed by atoms with E-state index < -0.39 is 0 Å². The van der Waals surface area contributed by atoms with Gasteiger partial charge in [-0.15, -0.1) is 0 Å². The van der Waals surface area contributed by atoms with Crippen LogP contribution < -0.4 is 0 Å². The zero-order valence-corrected chi connectivity index (χ0v) is 28.9. The van der Waals surface area contributed by atoms with Crippen LogP contribution in [0.15, 0.2) is 199 Å². The van der Waals surface area contributed by atoms with Crippen LogP contribution in [0, 0.1) is 0 Å². The Morgan fingerprint density at radius 1 is 0.226 bits per heavy atom. The summed E-state index contributed by atoms with van der Waals surface area (Å²) < 4.78 is 6.43. The lowest BCUT2D eigenvalue weighted by atomic mass is 9.91. The average Bonchev–Trinajstić information content (AvgIpc) is 3.60. The molecule has 0 fully saturated rings. The quantitative estimate of drug-likeness (QED) is 0.170. The van der Waals surface area contributed by atoms with Gasteiger partial charge in [-0.2, -0.15) is 0 Å². The van der Waals surface area contributed by atoms with E-state index in [2.05, 4.69) is 188 Å². The molecule has 1 nitrogen and oxygen atoms in total. The lowest BCUT2D eigenvalue weighted by molar-refractivity contribution is 0.669. The van der Waals surface area contributed by atoms with Gasteiger partial charge in [0.15, 0.2) is 0 Å². The molecule has 11 rings (SSSR count). The summed E-state index contributed by atoms with van der Waals surface area (Å²) in [7, 11) is 0. The van der Waals surface area contributed by atoms with E-state index in [-0.39, 0.29) is 0 Å². The van der Waals surface area contributed by atoms with Crippen molar-refractivity contribution in [3.63, 3.8) is 0 Å². The second-order valence-corrected chi connectivity index (χ2v) is 14.1. The van der Waals surface area contributed by atoms with Gasteiger partial charge in [0.2, 0.25) is 0 Å². The average molecular weight is 673 g/mol. The maximum atomic E-state index is 6.43. The number of rotatable bonds is 4. The minimum absolute atomic E-state index is 0.909. The van der Waals surface area contributed by atoms with Gasteiger partial charge in [-0.25, -0.2) is 0 Å². The molecule has 0 aliphatic carbocycles. The van der Waals surface area contributed by atoms with Crippen LogP contribution in [0.1, 0.15) is 0 Å². The molecule has 11 aromatic rings. The Hall–Kier alpha value is -6.96. The second-order valence-electron chi connectivity index (χ2n) is 14.1. The Morgan fingerprint density at radius 2 is 0.698 bits per heavy atom. The van der Waals surface area contributed by atoms with Crippen molar-refractivity contribution < 1.29 is 4.42 Å². The summed E-state index contributed by atoms with van der Waals surface area (Å²) in [4.78, 5) is 0. The van der Waals surface area contributed by atoms with Crippen molar-refractivity contribution in [1.82, 2.24) is 0 Å². The first-order valence-corrected chi connectivity index (χ1v) is 18.2. The minimum atomic E-state index is 0.909. The molecule has 0 saturated carbocycles. The highest BCUT2D eigenvalue weighted by Crippen LogP contribution is 2.38. The number of fused-ring (bicyclic) bond motifs is 8. The van der Waals surface area contributed by atoms with Crippen molar-refractivity contribution in [3.05, 3.63) is 194 Å². The molecule has 53 heavy (non-hydrogen) atoms. The molecule has 0 aliphatic rings. The van der Waals surface area contributed by atoms with Crippen LogP contribution in [-0.4, -0.2) is 0 Å². The van der Waals surface area contributed by atoms with Crippen molar-refractivity contribution >= 4 is 65.0 Å². The van der Waals surface area contributed by atoms with Gasteiger partial charge in [-0.05, 0) is 142 Å². The van der Waals surface area contributed by atoms with Crippen LogP contribution in [-0.2, 0) is 0 Å². The molecule has 1 heteroatoms. The molecule has 0 spiro atoms.